The number of aliphatic hydroxyl groups is 1. The zero-order valence-electron chi connectivity index (χ0n) is 13.7. The number of hydrogen-bond donors (Lipinski definition) is 1. The molecule has 1 N–H and O–H groups in total. The number of aromatic nitrogens is 1. The van der Waals surface area contributed by atoms with Gasteiger partial charge in [-0.1, -0.05) is 30.3 Å². The highest BCUT2D eigenvalue weighted by atomic mass is 32.1. The first kappa shape index (κ1) is 17.6. The monoisotopic (exact) mass is 334 g/mol. The number of carbonyl (C=O) groups excluding carboxylic acids is 1. The second kappa shape index (κ2) is 8.19. The van der Waals surface area contributed by atoms with E-state index >= 15 is 0 Å². The number of likely N-dealkylation sites (N-methyl/N-ethyl adjacent to an activating group) is 1. The summed E-state index contributed by atoms with van der Waals surface area (Å²) in [6.07, 6.45) is 0.0290. The number of nitrogens with zero attached hydrogens (tertiary/aromatic N) is 2. The number of methoxy groups -OCH3 is 1. The van der Waals surface area contributed by atoms with Crippen molar-refractivity contribution in [2.45, 2.75) is 19.4 Å². The van der Waals surface area contributed by atoms with Gasteiger partial charge in [0.1, 0.15) is 4.88 Å². The van der Waals surface area contributed by atoms with Crippen molar-refractivity contribution in [2.24, 2.45) is 0 Å². The molecule has 5 nitrogen and oxygen atoms in total. The van der Waals surface area contributed by atoms with Crippen LogP contribution in [0.1, 0.15) is 25.9 Å². The molecular weight excluding hydrogens is 312 g/mol. The van der Waals surface area contributed by atoms with E-state index in [0.29, 0.717) is 4.88 Å². The number of benzene rings is 1. The molecule has 0 saturated carbocycles. The fourth-order valence-electron chi connectivity index (χ4n) is 2.31. The van der Waals surface area contributed by atoms with E-state index in [4.69, 9.17) is 4.74 Å². The summed E-state index contributed by atoms with van der Waals surface area (Å²) in [6.45, 7) is 2.29. The first-order valence-electron chi connectivity index (χ1n) is 7.44. The lowest BCUT2D eigenvalue weighted by Gasteiger charge is -2.19. The first-order chi connectivity index (χ1) is 11.0. The summed E-state index contributed by atoms with van der Waals surface area (Å²) in [5, 5.41) is 10.7. The molecule has 1 heterocycles. The van der Waals surface area contributed by atoms with Crippen LogP contribution in [0.15, 0.2) is 30.3 Å². The second-order valence-corrected chi connectivity index (χ2v) is 6.56. The van der Waals surface area contributed by atoms with Gasteiger partial charge in [0.2, 0.25) is 0 Å². The molecule has 1 atom stereocenters. The molecule has 6 heteroatoms. The van der Waals surface area contributed by atoms with Crippen LogP contribution < -0.4 is 0 Å². The maximum absolute atomic E-state index is 12.5. The molecule has 0 radical (unpaired) electrons. The van der Waals surface area contributed by atoms with Crippen LogP contribution in [0, 0.1) is 6.92 Å². The van der Waals surface area contributed by atoms with Gasteiger partial charge in [-0.05, 0) is 12.5 Å². The average molecular weight is 334 g/mol. The van der Waals surface area contributed by atoms with Crippen molar-refractivity contribution in [1.29, 1.82) is 0 Å². The van der Waals surface area contributed by atoms with Gasteiger partial charge >= 0.3 is 0 Å². The second-order valence-electron chi connectivity index (χ2n) is 5.48. The molecular formula is C17H22N2O3S. The molecule has 1 amide bonds. The van der Waals surface area contributed by atoms with Crippen molar-refractivity contribution in [3.63, 3.8) is 0 Å². The third-order valence-electron chi connectivity index (χ3n) is 3.42. The molecule has 23 heavy (non-hydrogen) atoms. The minimum atomic E-state index is -0.689. The highest BCUT2D eigenvalue weighted by molar-refractivity contribution is 7.13. The highest BCUT2D eigenvalue weighted by Gasteiger charge is 2.20. The minimum absolute atomic E-state index is 0.116. The van der Waals surface area contributed by atoms with Crippen molar-refractivity contribution in [1.82, 2.24) is 9.88 Å². The molecule has 2 aromatic rings. The summed E-state index contributed by atoms with van der Waals surface area (Å²) >= 11 is 1.42. The van der Waals surface area contributed by atoms with Crippen LogP contribution in [-0.2, 0) is 11.2 Å². The fraction of sp³-hybridized carbons (Fsp3) is 0.412. The van der Waals surface area contributed by atoms with Gasteiger partial charge in [0, 0.05) is 27.1 Å². The lowest BCUT2D eigenvalue weighted by molar-refractivity contribution is 0.0382. The summed E-state index contributed by atoms with van der Waals surface area (Å²) < 4.78 is 4.89. The standard InChI is InChI=1S/C17H22N2O3S/c1-12-16(17(21)19(2)10-14(20)11-22-3)23-15(18-12)9-13-7-5-4-6-8-13/h4-8,14,20H,9-11H2,1-3H3. The number of hydrogen-bond acceptors (Lipinski definition) is 5. The Hall–Kier alpha value is -1.76. The summed E-state index contributed by atoms with van der Waals surface area (Å²) in [6, 6.07) is 10.1. The third kappa shape index (κ3) is 4.86. The number of thiazole rings is 1. The molecule has 1 aromatic heterocycles. The molecule has 124 valence electrons. The van der Waals surface area contributed by atoms with E-state index in [1.807, 2.05) is 37.3 Å². The van der Waals surface area contributed by atoms with Crippen LogP contribution in [0.2, 0.25) is 0 Å². The number of aryl methyl sites for hydroxylation is 1. The Morgan fingerprint density at radius 2 is 2.09 bits per heavy atom. The van der Waals surface area contributed by atoms with Crippen molar-refractivity contribution in [3.8, 4) is 0 Å². The van der Waals surface area contributed by atoms with Crippen molar-refractivity contribution < 1.29 is 14.6 Å². The molecule has 0 saturated heterocycles. The summed E-state index contributed by atoms with van der Waals surface area (Å²) in [5.41, 5.74) is 1.91. The number of amides is 1. The number of rotatable bonds is 7. The van der Waals surface area contributed by atoms with Gasteiger partial charge in [0.05, 0.1) is 23.4 Å². The summed E-state index contributed by atoms with van der Waals surface area (Å²) in [7, 11) is 3.20. The van der Waals surface area contributed by atoms with Crippen molar-refractivity contribution >= 4 is 17.2 Å². The van der Waals surface area contributed by atoms with Gasteiger partial charge < -0.3 is 14.7 Å². The summed E-state index contributed by atoms with van der Waals surface area (Å²) in [5.74, 6) is -0.116. The van der Waals surface area contributed by atoms with E-state index < -0.39 is 6.10 Å². The van der Waals surface area contributed by atoms with Crippen LogP contribution in [0.25, 0.3) is 0 Å². The Bertz CT molecular complexity index is 643. The van der Waals surface area contributed by atoms with Crippen LogP contribution >= 0.6 is 11.3 Å². The van der Waals surface area contributed by atoms with E-state index in [0.717, 1.165) is 17.1 Å². The molecule has 0 fully saturated rings. The topological polar surface area (TPSA) is 62.7 Å². The maximum Gasteiger partial charge on any atom is 0.265 e. The SMILES string of the molecule is COCC(O)CN(C)C(=O)c1sc(Cc2ccccc2)nc1C. The predicted octanol–water partition coefficient (Wildman–Crippen LogP) is 2.12. The molecule has 0 spiro atoms. The minimum Gasteiger partial charge on any atom is -0.389 e. The van der Waals surface area contributed by atoms with E-state index in [1.165, 1.54) is 28.9 Å². The van der Waals surface area contributed by atoms with E-state index in [2.05, 4.69) is 4.98 Å². The smallest absolute Gasteiger partial charge is 0.265 e. The maximum atomic E-state index is 12.5. The Labute approximate surface area is 140 Å². The van der Waals surface area contributed by atoms with Gasteiger partial charge in [0.25, 0.3) is 5.91 Å². The average Bonchev–Trinajstić information content (AvgIpc) is 2.88. The lowest BCUT2D eigenvalue weighted by atomic mass is 10.2. The zero-order chi connectivity index (χ0) is 16.8. The normalized spacial score (nSPS) is 12.2. The van der Waals surface area contributed by atoms with Gasteiger partial charge in [-0.2, -0.15) is 0 Å². The Kier molecular flexibility index (Phi) is 6.27. The van der Waals surface area contributed by atoms with E-state index in [1.54, 1.807) is 7.05 Å². The number of ether oxygens (including phenoxy) is 1. The van der Waals surface area contributed by atoms with Crippen LogP contribution in [0.4, 0.5) is 0 Å². The summed E-state index contributed by atoms with van der Waals surface area (Å²) in [4.78, 5) is 19.2. The van der Waals surface area contributed by atoms with Crippen molar-refractivity contribution in [2.75, 3.05) is 27.3 Å². The Morgan fingerprint density at radius 1 is 1.39 bits per heavy atom. The van der Waals surface area contributed by atoms with Gasteiger partial charge in [-0.3, -0.25) is 4.79 Å². The largest absolute Gasteiger partial charge is 0.389 e. The van der Waals surface area contributed by atoms with Crippen LogP contribution in [-0.4, -0.2) is 54.3 Å². The van der Waals surface area contributed by atoms with Gasteiger partial charge in [0.15, 0.2) is 0 Å². The quantitative estimate of drug-likeness (QED) is 0.842. The third-order valence-corrected chi connectivity index (χ3v) is 4.57. The fourth-order valence-corrected chi connectivity index (χ4v) is 3.41. The molecule has 1 aromatic carbocycles. The molecule has 0 bridgehead atoms. The Balaban J connectivity index is 2.06. The molecule has 0 aliphatic heterocycles. The first-order valence-corrected chi connectivity index (χ1v) is 8.25. The molecule has 0 aliphatic rings. The molecule has 1 unspecified atom stereocenters. The number of aliphatic hydroxyl groups excluding tert-OH is 1. The van der Waals surface area contributed by atoms with Crippen LogP contribution in [0.3, 0.4) is 0 Å². The highest BCUT2D eigenvalue weighted by Crippen LogP contribution is 2.22. The Morgan fingerprint density at radius 3 is 2.74 bits per heavy atom. The van der Waals surface area contributed by atoms with Gasteiger partial charge in [-0.25, -0.2) is 4.98 Å². The van der Waals surface area contributed by atoms with Gasteiger partial charge in [-0.15, -0.1) is 11.3 Å². The molecule has 0 aliphatic carbocycles. The number of carbonyl (C=O) groups is 1. The van der Waals surface area contributed by atoms with Crippen molar-refractivity contribution in [3.05, 3.63) is 51.5 Å². The lowest BCUT2D eigenvalue weighted by Crippen LogP contribution is -2.36. The predicted molar refractivity (Wildman–Crippen MR) is 90.9 cm³/mol. The van der Waals surface area contributed by atoms with Crippen LogP contribution in [0.5, 0.6) is 0 Å². The molecule has 2 rings (SSSR count). The van der Waals surface area contributed by atoms with E-state index in [-0.39, 0.29) is 19.1 Å². The van der Waals surface area contributed by atoms with E-state index in [9.17, 15) is 9.90 Å². The zero-order valence-corrected chi connectivity index (χ0v) is 14.5.